The second-order valence-corrected chi connectivity index (χ2v) is 6.12. The lowest BCUT2D eigenvalue weighted by atomic mass is 9.87. The SMILES string of the molecule is CCN(C(=O)c1ccc([N+](=O)[O-])cc1C(F)(F)F)[C@@](CC)(CCC(=O)O)C(=O)O. The van der Waals surface area contributed by atoms with Crippen LogP contribution in [0, 0.1) is 10.1 Å². The zero-order chi connectivity index (χ0) is 22.6. The molecule has 1 aromatic carbocycles. The first-order valence-electron chi connectivity index (χ1n) is 8.44. The van der Waals surface area contributed by atoms with E-state index in [1.54, 1.807) is 0 Å². The maximum Gasteiger partial charge on any atom is 0.417 e. The zero-order valence-corrected chi connectivity index (χ0v) is 15.5. The van der Waals surface area contributed by atoms with Crippen molar-refractivity contribution in [2.24, 2.45) is 0 Å². The Morgan fingerprint density at radius 2 is 1.76 bits per heavy atom. The van der Waals surface area contributed by atoms with Crippen LogP contribution in [0.25, 0.3) is 0 Å². The summed E-state index contributed by atoms with van der Waals surface area (Å²) in [4.78, 5) is 46.2. The van der Waals surface area contributed by atoms with Crippen LogP contribution in [0.3, 0.4) is 0 Å². The lowest BCUT2D eigenvalue weighted by Gasteiger charge is -2.40. The van der Waals surface area contributed by atoms with Crippen molar-refractivity contribution in [3.63, 3.8) is 0 Å². The van der Waals surface area contributed by atoms with Crippen molar-refractivity contribution in [2.45, 2.75) is 44.8 Å². The Kier molecular flexibility index (Phi) is 7.31. The molecule has 0 fully saturated rings. The van der Waals surface area contributed by atoms with Crippen LogP contribution in [0.1, 0.15) is 49.0 Å². The van der Waals surface area contributed by atoms with E-state index in [1.807, 2.05) is 0 Å². The molecule has 1 rings (SSSR count). The van der Waals surface area contributed by atoms with Gasteiger partial charge >= 0.3 is 18.1 Å². The van der Waals surface area contributed by atoms with E-state index >= 15 is 0 Å². The Morgan fingerprint density at radius 1 is 1.17 bits per heavy atom. The molecule has 0 aromatic heterocycles. The standard InChI is InChI=1S/C17H19F3N2O7/c1-3-16(15(26)27,8-7-13(23)24)21(4-2)14(25)11-6-5-10(22(28)29)9-12(11)17(18,19)20/h5-6,9H,3-4,7-8H2,1-2H3,(H,23,24)(H,26,27)/t16-/m0/s1. The average molecular weight is 420 g/mol. The van der Waals surface area contributed by atoms with Crippen molar-refractivity contribution in [1.29, 1.82) is 0 Å². The summed E-state index contributed by atoms with van der Waals surface area (Å²) in [5.74, 6) is -4.21. The number of carboxylic acids is 2. The van der Waals surface area contributed by atoms with Crippen molar-refractivity contribution in [3.8, 4) is 0 Å². The highest BCUT2D eigenvalue weighted by atomic mass is 19.4. The highest BCUT2D eigenvalue weighted by molar-refractivity contribution is 5.99. The molecule has 0 aliphatic carbocycles. The number of rotatable bonds is 9. The number of carboxylic acid groups (broad SMARTS) is 2. The number of nitrogens with zero attached hydrogens (tertiary/aromatic N) is 2. The molecule has 29 heavy (non-hydrogen) atoms. The molecule has 160 valence electrons. The molecule has 12 heteroatoms. The van der Waals surface area contributed by atoms with E-state index in [0.29, 0.717) is 17.0 Å². The molecule has 0 aliphatic heterocycles. The minimum absolute atomic E-state index is 0.201. The van der Waals surface area contributed by atoms with Crippen molar-refractivity contribution in [3.05, 3.63) is 39.4 Å². The number of nitro groups is 1. The van der Waals surface area contributed by atoms with Gasteiger partial charge in [0.2, 0.25) is 0 Å². The summed E-state index contributed by atoms with van der Waals surface area (Å²) in [5, 5.41) is 29.4. The fourth-order valence-corrected chi connectivity index (χ4v) is 3.04. The molecule has 0 heterocycles. The number of likely N-dealkylation sites (N-methyl/N-ethyl adjacent to an activating group) is 1. The van der Waals surface area contributed by atoms with Crippen LogP contribution in [-0.2, 0) is 15.8 Å². The number of non-ortho nitro benzene ring substituents is 1. The highest BCUT2D eigenvalue weighted by Gasteiger charge is 2.47. The zero-order valence-electron chi connectivity index (χ0n) is 15.5. The van der Waals surface area contributed by atoms with Crippen LogP contribution >= 0.6 is 0 Å². The van der Waals surface area contributed by atoms with Gasteiger partial charge in [-0.1, -0.05) is 6.92 Å². The van der Waals surface area contributed by atoms with Gasteiger partial charge in [-0.05, 0) is 25.8 Å². The summed E-state index contributed by atoms with van der Waals surface area (Å²) in [6.07, 6.45) is -6.53. The molecule has 0 bridgehead atoms. The Balaban J connectivity index is 3.60. The molecule has 2 N–H and O–H groups in total. The fraction of sp³-hybridized carbons (Fsp3) is 0.471. The topological polar surface area (TPSA) is 138 Å². The van der Waals surface area contributed by atoms with Gasteiger partial charge in [0, 0.05) is 25.1 Å². The number of carbonyl (C=O) groups excluding carboxylic acids is 1. The van der Waals surface area contributed by atoms with Gasteiger partial charge < -0.3 is 15.1 Å². The first kappa shape index (κ1) is 23.9. The predicted molar refractivity (Wildman–Crippen MR) is 92.3 cm³/mol. The maximum atomic E-state index is 13.4. The van der Waals surface area contributed by atoms with Crippen LogP contribution in [0.4, 0.5) is 18.9 Å². The van der Waals surface area contributed by atoms with E-state index in [1.165, 1.54) is 13.8 Å². The summed E-state index contributed by atoms with van der Waals surface area (Å²) >= 11 is 0. The third-order valence-corrected chi connectivity index (χ3v) is 4.56. The molecule has 0 radical (unpaired) electrons. The van der Waals surface area contributed by atoms with Gasteiger partial charge in [-0.15, -0.1) is 0 Å². The Hall–Kier alpha value is -3.18. The van der Waals surface area contributed by atoms with E-state index in [0.717, 1.165) is 0 Å². The molecule has 0 saturated carbocycles. The van der Waals surface area contributed by atoms with Gasteiger partial charge in [0.1, 0.15) is 5.54 Å². The van der Waals surface area contributed by atoms with E-state index < -0.39 is 64.1 Å². The number of alkyl halides is 3. The van der Waals surface area contributed by atoms with E-state index in [2.05, 4.69) is 0 Å². The fourth-order valence-electron chi connectivity index (χ4n) is 3.04. The van der Waals surface area contributed by atoms with Gasteiger partial charge in [0.25, 0.3) is 11.6 Å². The number of aliphatic carboxylic acids is 2. The normalized spacial score (nSPS) is 13.4. The molecule has 1 amide bonds. The number of hydrogen-bond acceptors (Lipinski definition) is 5. The van der Waals surface area contributed by atoms with Crippen LogP contribution < -0.4 is 0 Å². The van der Waals surface area contributed by atoms with Crippen LogP contribution in [0.2, 0.25) is 0 Å². The monoisotopic (exact) mass is 420 g/mol. The number of benzene rings is 1. The molecule has 0 spiro atoms. The quantitative estimate of drug-likeness (QED) is 0.462. The third-order valence-electron chi connectivity index (χ3n) is 4.56. The first-order valence-corrected chi connectivity index (χ1v) is 8.44. The smallest absolute Gasteiger partial charge is 0.417 e. The molecule has 1 aromatic rings. The van der Waals surface area contributed by atoms with Crippen molar-refractivity contribution >= 4 is 23.5 Å². The second-order valence-electron chi connectivity index (χ2n) is 6.12. The molecule has 0 saturated heterocycles. The number of carbonyl (C=O) groups is 3. The van der Waals surface area contributed by atoms with Crippen LogP contribution in [0.15, 0.2) is 18.2 Å². The van der Waals surface area contributed by atoms with Gasteiger partial charge in [-0.2, -0.15) is 13.2 Å². The Bertz CT molecular complexity index is 826. The maximum absolute atomic E-state index is 13.4. The summed E-state index contributed by atoms with van der Waals surface area (Å²) in [7, 11) is 0. The van der Waals surface area contributed by atoms with E-state index in [-0.39, 0.29) is 19.0 Å². The van der Waals surface area contributed by atoms with Crippen LogP contribution in [0.5, 0.6) is 0 Å². The summed E-state index contributed by atoms with van der Waals surface area (Å²) in [6.45, 7) is 2.38. The van der Waals surface area contributed by atoms with Crippen molar-refractivity contribution in [2.75, 3.05) is 6.54 Å². The first-order chi connectivity index (χ1) is 13.3. The largest absolute Gasteiger partial charge is 0.481 e. The lowest BCUT2D eigenvalue weighted by Crippen LogP contribution is -2.57. The van der Waals surface area contributed by atoms with Gasteiger partial charge in [-0.3, -0.25) is 19.7 Å². The predicted octanol–water partition coefficient (Wildman–Crippen LogP) is 3.17. The van der Waals surface area contributed by atoms with Gasteiger partial charge in [0.15, 0.2) is 0 Å². The summed E-state index contributed by atoms with van der Waals surface area (Å²) in [5.41, 5.74) is -5.49. The molecule has 0 unspecified atom stereocenters. The lowest BCUT2D eigenvalue weighted by molar-refractivity contribution is -0.385. The Labute approximate surface area is 162 Å². The van der Waals surface area contributed by atoms with Crippen molar-refractivity contribution in [1.82, 2.24) is 4.90 Å². The van der Waals surface area contributed by atoms with Crippen molar-refractivity contribution < 1.29 is 42.7 Å². The molecular weight excluding hydrogens is 401 g/mol. The average Bonchev–Trinajstić information content (AvgIpc) is 2.63. The Morgan fingerprint density at radius 3 is 2.14 bits per heavy atom. The summed E-state index contributed by atoms with van der Waals surface area (Å²) < 4.78 is 40.3. The van der Waals surface area contributed by atoms with Gasteiger partial charge in [0.05, 0.1) is 16.1 Å². The molecular formula is C17H19F3N2O7. The number of hydrogen-bond donors (Lipinski definition) is 2. The third kappa shape index (κ3) is 5.00. The number of nitro benzene ring substituents is 1. The number of amides is 1. The van der Waals surface area contributed by atoms with E-state index in [4.69, 9.17) is 5.11 Å². The van der Waals surface area contributed by atoms with Crippen LogP contribution in [-0.4, -0.2) is 50.0 Å². The molecule has 9 nitrogen and oxygen atoms in total. The van der Waals surface area contributed by atoms with E-state index in [9.17, 15) is 42.8 Å². The highest BCUT2D eigenvalue weighted by Crippen LogP contribution is 2.36. The van der Waals surface area contributed by atoms with Gasteiger partial charge in [-0.25, -0.2) is 4.79 Å². The minimum atomic E-state index is -5.12. The second kappa shape index (κ2) is 8.88. The summed E-state index contributed by atoms with van der Waals surface area (Å²) in [6, 6.07) is 1.53. The molecule has 0 aliphatic rings. The number of halogens is 3. The minimum Gasteiger partial charge on any atom is -0.481 e. The molecule has 1 atom stereocenters.